The van der Waals surface area contributed by atoms with Gasteiger partial charge in [-0.15, -0.1) is 11.8 Å². The summed E-state index contributed by atoms with van der Waals surface area (Å²) < 4.78 is 5.22. The predicted molar refractivity (Wildman–Crippen MR) is 181 cm³/mol. The summed E-state index contributed by atoms with van der Waals surface area (Å²) in [5, 5.41) is 16.9. The number of likely N-dealkylation sites (N-methyl/N-ethyl adjacent to an activating group) is 1. The Morgan fingerprint density at radius 1 is 0.979 bits per heavy atom. The second-order valence-corrected chi connectivity index (χ2v) is 13.9. The van der Waals surface area contributed by atoms with Crippen LogP contribution in [0.4, 0.5) is 9.59 Å². The van der Waals surface area contributed by atoms with Gasteiger partial charge in [-0.2, -0.15) is 0 Å². The average molecular weight is 684 g/mol. The highest BCUT2D eigenvalue weighted by Gasteiger charge is 2.46. The Kier molecular flexibility index (Phi) is 13.4. The van der Waals surface area contributed by atoms with Crippen LogP contribution in [-0.2, 0) is 30.3 Å². The summed E-state index contributed by atoms with van der Waals surface area (Å²) in [5.41, 5.74) is 0.738. The van der Waals surface area contributed by atoms with Crippen LogP contribution in [0.1, 0.15) is 51.1 Å². The highest BCUT2D eigenvalue weighted by Crippen LogP contribution is 2.42. The molecular weight excluding hydrogens is 638 g/mol. The molecule has 0 bridgehead atoms. The van der Waals surface area contributed by atoms with Crippen molar-refractivity contribution in [3.63, 3.8) is 0 Å². The van der Waals surface area contributed by atoms with Crippen molar-refractivity contribution in [3.05, 3.63) is 71.8 Å². The summed E-state index contributed by atoms with van der Waals surface area (Å²) in [4.78, 5) is 80.5. The lowest BCUT2D eigenvalue weighted by Gasteiger charge is -2.35. The molecule has 0 spiro atoms. The topological polar surface area (TPSA) is 174 Å². The van der Waals surface area contributed by atoms with Crippen molar-refractivity contribution in [2.75, 3.05) is 25.9 Å². The van der Waals surface area contributed by atoms with E-state index in [2.05, 4.69) is 16.0 Å². The van der Waals surface area contributed by atoms with Gasteiger partial charge < -0.3 is 35.6 Å². The molecule has 3 rings (SSSR count). The molecule has 1 aliphatic rings. The number of ether oxygens (including phenoxy) is 1. The van der Waals surface area contributed by atoms with Gasteiger partial charge in [-0.25, -0.2) is 14.4 Å². The maximum Gasteiger partial charge on any atom is 0.407 e. The molecule has 1 unspecified atom stereocenters. The third-order valence-electron chi connectivity index (χ3n) is 7.44. The minimum absolute atomic E-state index is 0.0482. The quantitative estimate of drug-likeness (QED) is 0.231. The van der Waals surface area contributed by atoms with Crippen LogP contribution in [0.25, 0.3) is 0 Å². The Morgan fingerprint density at radius 2 is 1.58 bits per heavy atom. The van der Waals surface area contributed by atoms with Crippen molar-refractivity contribution >= 4 is 47.5 Å². The first-order chi connectivity index (χ1) is 22.6. The fourth-order valence-corrected chi connectivity index (χ4v) is 6.42. The zero-order valence-electron chi connectivity index (χ0n) is 28.1. The highest BCUT2D eigenvalue weighted by molar-refractivity contribution is 7.99. The summed E-state index contributed by atoms with van der Waals surface area (Å²) in [5.74, 6) is -4.26. The van der Waals surface area contributed by atoms with Gasteiger partial charge in [-0.05, 0) is 37.8 Å². The summed E-state index contributed by atoms with van der Waals surface area (Å²) in [6.07, 6.45) is -0.668. The zero-order valence-corrected chi connectivity index (χ0v) is 28.9. The lowest BCUT2D eigenvalue weighted by Crippen LogP contribution is -2.59. The Bertz CT molecular complexity index is 1450. The lowest BCUT2D eigenvalue weighted by molar-refractivity contribution is -0.151. The lowest BCUT2D eigenvalue weighted by atomic mass is 10.00. The maximum atomic E-state index is 14.4. The first-order valence-corrected chi connectivity index (χ1v) is 16.7. The van der Waals surface area contributed by atoms with Crippen LogP contribution in [0.5, 0.6) is 0 Å². The number of ketones is 1. The van der Waals surface area contributed by atoms with E-state index in [-0.39, 0.29) is 31.2 Å². The van der Waals surface area contributed by atoms with Crippen LogP contribution in [0.3, 0.4) is 0 Å². The smallest absolute Gasteiger partial charge is 0.407 e. The first-order valence-electron chi connectivity index (χ1n) is 15.7. The molecule has 1 aliphatic heterocycles. The van der Waals surface area contributed by atoms with Gasteiger partial charge in [0.15, 0.2) is 0 Å². The van der Waals surface area contributed by atoms with Crippen LogP contribution < -0.4 is 16.0 Å². The molecule has 13 nitrogen and oxygen atoms in total. The summed E-state index contributed by atoms with van der Waals surface area (Å²) in [6, 6.07) is 13.8. The van der Waals surface area contributed by atoms with Crippen LogP contribution in [0.15, 0.2) is 60.7 Å². The number of benzene rings is 2. The minimum Gasteiger partial charge on any atom is -0.475 e. The van der Waals surface area contributed by atoms with Crippen LogP contribution in [0.2, 0.25) is 0 Å². The van der Waals surface area contributed by atoms with E-state index in [0.29, 0.717) is 5.56 Å². The number of thioether (sulfide) groups is 1. The number of alkyl carbamates (subject to hydrolysis) is 1. The molecule has 14 heteroatoms. The van der Waals surface area contributed by atoms with E-state index in [1.165, 1.54) is 28.6 Å². The van der Waals surface area contributed by atoms with Crippen molar-refractivity contribution in [2.45, 2.75) is 70.1 Å². The van der Waals surface area contributed by atoms with Gasteiger partial charge in [0.1, 0.15) is 29.1 Å². The van der Waals surface area contributed by atoms with Crippen molar-refractivity contribution in [1.29, 1.82) is 0 Å². The second-order valence-electron chi connectivity index (χ2n) is 12.8. The molecule has 48 heavy (non-hydrogen) atoms. The monoisotopic (exact) mass is 683 g/mol. The Hall–Kier alpha value is -4.59. The van der Waals surface area contributed by atoms with Crippen molar-refractivity contribution < 1.29 is 38.6 Å². The van der Waals surface area contributed by atoms with E-state index >= 15 is 0 Å². The minimum atomic E-state index is -1.68. The first kappa shape index (κ1) is 37.9. The fourth-order valence-electron chi connectivity index (χ4n) is 4.99. The number of carbonyl (C=O) groups excluding carboxylic acids is 5. The van der Waals surface area contributed by atoms with Crippen LogP contribution in [0, 0.1) is 5.92 Å². The molecule has 4 N–H and O–H groups in total. The van der Waals surface area contributed by atoms with E-state index in [0.717, 1.165) is 5.56 Å². The molecule has 5 amide bonds. The SMILES string of the molecule is CC(C)[C@H](NC(=O)N(C)CCNC(=O)OC(C)(C)C)C(=O)N1C(c2ccccc2)SC[C@H]1C(=O)N[C@@H](Cc1ccccc1)C(=O)C(=O)O. The number of urea groups is 1. The number of amides is 5. The number of nitrogens with zero attached hydrogens (tertiary/aromatic N) is 2. The van der Waals surface area contributed by atoms with Gasteiger partial charge in [0.2, 0.25) is 11.8 Å². The number of hydrogen-bond donors (Lipinski definition) is 4. The van der Waals surface area contributed by atoms with E-state index in [1.54, 1.807) is 65.0 Å². The molecule has 1 saturated heterocycles. The second kappa shape index (κ2) is 17.0. The Balaban J connectivity index is 1.82. The summed E-state index contributed by atoms with van der Waals surface area (Å²) in [6.45, 7) is 8.99. The van der Waals surface area contributed by atoms with E-state index < -0.39 is 64.8 Å². The molecule has 2 aromatic carbocycles. The van der Waals surface area contributed by atoms with Gasteiger partial charge in [0.05, 0.1) is 0 Å². The molecule has 0 aromatic heterocycles. The highest BCUT2D eigenvalue weighted by atomic mass is 32.2. The summed E-state index contributed by atoms with van der Waals surface area (Å²) in [7, 11) is 1.52. The predicted octanol–water partition coefficient (Wildman–Crippen LogP) is 3.20. The Labute approximate surface area is 285 Å². The fraction of sp³-hybridized carbons (Fsp3) is 0.471. The normalized spacial score (nSPS) is 17.2. The molecule has 1 fully saturated rings. The number of rotatable bonds is 13. The molecule has 0 radical (unpaired) electrons. The van der Waals surface area contributed by atoms with Gasteiger partial charge in [-0.1, -0.05) is 74.5 Å². The van der Waals surface area contributed by atoms with Crippen molar-refractivity contribution in [3.8, 4) is 0 Å². The summed E-state index contributed by atoms with van der Waals surface area (Å²) >= 11 is 1.35. The molecule has 0 aliphatic carbocycles. The molecular formula is C34H45N5O8S. The van der Waals surface area contributed by atoms with E-state index in [1.807, 2.05) is 30.3 Å². The van der Waals surface area contributed by atoms with Crippen molar-refractivity contribution in [1.82, 2.24) is 25.8 Å². The number of hydrogen-bond acceptors (Lipinski definition) is 8. The van der Waals surface area contributed by atoms with Crippen molar-refractivity contribution in [2.24, 2.45) is 5.92 Å². The number of carboxylic acids is 1. The van der Waals surface area contributed by atoms with Crippen LogP contribution in [-0.4, -0.2) is 100 Å². The van der Waals surface area contributed by atoms with Crippen LogP contribution >= 0.6 is 11.8 Å². The van der Waals surface area contributed by atoms with Gasteiger partial charge in [0, 0.05) is 32.3 Å². The Morgan fingerprint density at radius 3 is 2.15 bits per heavy atom. The van der Waals surface area contributed by atoms with Gasteiger partial charge in [-0.3, -0.25) is 14.4 Å². The number of carbonyl (C=O) groups is 6. The largest absolute Gasteiger partial charge is 0.475 e. The van der Waals surface area contributed by atoms with E-state index in [4.69, 9.17) is 4.74 Å². The number of Topliss-reactive ketones (excluding diaryl/α,β-unsaturated/α-hetero) is 1. The zero-order chi connectivity index (χ0) is 35.6. The average Bonchev–Trinajstić information content (AvgIpc) is 3.48. The number of aliphatic carboxylic acids is 1. The molecule has 2 aromatic rings. The molecule has 1 heterocycles. The third kappa shape index (κ3) is 10.7. The number of carboxylic acid groups (broad SMARTS) is 1. The van der Waals surface area contributed by atoms with Gasteiger partial charge >= 0.3 is 18.1 Å². The molecule has 4 atom stereocenters. The molecule has 0 saturated carbocycles. The maximum absolute atomic E-state index is 14.4. The number of nitrogens with one attached hydrogen (secondary N) is 3. The third-order valence-corrected chi connectivity index (χ3v) is 8.77. The van der Waals surface area contributed by atoms with E-state index in [9.17, 15) is 33.9 Å². The standard InChI is InChI=1S/C34H45N5O8S/c1-21(2)26(37-32(45)38(6)18-17-35-33(46)47-34(3,4)5)29(42)39-25(20-48-30(39)23-15-11-8-12-16-23)28(41)36-24(27(40)31(43)44)19-22-13-9-7-10-14-22/h7-16,21,24-26,30H,17-20H2,1-6H3,(H,35,46)(H,36,41)(H,37,45)(H,43,44)/t24-,25-,26-,30?/m0/s1. The molecule has 260 valence electrons. The van der Waals surface area contributed by atoms with Gasteiger partial charge in [0.25, 0.3) is 5.78 Å².